The molecule has 148 valence electrons. The number of ether oxygens (including phenoxy) is 1. The lowest BCUT2D eigenvalue weighted by atomic mass is 9.92. The number of aryl methyl sites for hydroxylation is 1. The zero-order valence-electron chi connectivity index (χ0n) is 16.6. The molecule has 0 radical (unpaired) electrons. The molecule has 1 saturated heterocycles. The lowest BCUT2D eigenvalue weighted by molar-refractivity contribution is -0.122. The third-order valence-electron chi connectivity index (χ3n) is 6.16. The van der Waals surface area contributed by atoms with Gasteiger partial charge in [0.25, 0.3) is 0 Å². The third-order valence-corrected chi connectivity index (χ3v) is 6.16. The first kappa shape index (κ1) is 18.7. The van der Waals surface area contributed by atoms with Crippen LogP contribution in [0.4, 0.5) is 5.95 Å². The second kappa shape index (κ2) is 8.13. The van der Waals surface area contributed by atoms with Gasteiger partial charge in [0.1, 0.15) is 0 Å². The molecule has 0 spiro atoms. The number of hydrogen-bond donors (Lipinski definition) is 1. The standard InChI is InChI=1S/C21H32N4O2/c1-14-12-25(13-15(2)27-14)21-22-11-17-18(8-5-9-19(17)24-21)23-20(26)10-16-6-3-4-7-16/h11,14-16,18H,3-10,12-13H2,1-2H3,(H,23,26)/t14-,15-,18-/m1/s1. The van der Waals surface area contributed by atoms with Crippen molar-refractivity contribution in [3.8, 4) is 0 Å². The summed E-state index contributed by atoms with van der Waals surface area (Å²) in [6.45, 7) is 5.84. The molecule has 1 aliphatic heterocycles. The van der Waals surface area contributed by atoms with Gasteiger partial charge in [-0.1, -0.05) is 12.8 Å². The van der Waals surface area contributed by atoms with Gasteiger partial charge in [-0.2, -0.15) is 0 Å². The molecule has 1 aromatic rings. The summed E-state index contributed by atoms with van der Waals surface area (Å²) in [5.41, 5.74) is 2.21. The summed E-state index contributed by atoms with van der Waals surface area (Å²) in [4.78, 5) is 24.2. The number of amides is 1. The first-order valence-corrected chi connectivity index (χ1v) is 10.6. The molecular weight excluding hydrogens is 340 g/mol. The zero-order valence-corrected chi connectivity index (χ0v) is 16.6. The summed E-state index contributed by atoms with van der Waals surface area (Å²) in [5, 5.41) is 3.26. The van der Waals surface area contributed by atoms with Gasteiger partial charge >= 0.3 is 0 Å². The Labute approximate surface area is 162 Å². The molecule has 0 aromatic carbocycles. The number of nitrogens with zero attached hydrogens (tertiary/aromatic N) is 3. The third kappa shape index (κ3) is 4.42. The summed E-state index contributed by atoms with van der Waals surface area (Å²) < 4.78 is 5.82. The number of carbonyl (C=O) groups excluding carboxylic acids is 1. The van der Waals surface area contributed by atoms with Crippen molar-refractivity contribution in [3.05, 3.63) is 17.5 Å². The lowest BCUT2D eigenvalue weighted by Gasteiger charge is -2.36. The molecule has 0 bridgehead atoms. The van der Waals surface area contributed by atoms with Crippen molar-refractivity contribution in [1.82, 2.24) is 15.3 Å². The van der Waals surface area contributed by atoms with Crippen LogP contribution in [0.5, 0.6) is 0 Å². The molecule has 2 heterocycles. The molecule has 0 unspecified atom stereocenters. The average Bonchev–Trinajstić information content (AvgIpc) is 3.13. The molecule has 1 amide bonds. The Morgan fingerprint density at radius 3 is 2.67 bits per heavy atom. The van der Waals surface area contributed by atoms with Gasteiger partial charge < -0.3 is 15.0 Å². The van der Waals surface area contributed by atoms with Crippen LogP contribution in [0.2, 0.25) is 0 Å². The Bertz CT molecular complexity index is 664. The molecule has 1 aromatic heterocycles. The number of anilines is 1. The number of carbonyl (C=O) groups is 1. The number of hydrogen-bond acceptors (Lipinski definition) is 5. The number of nitrogens with one attached hydrogen (secondary N) is 1. The molecule has 3 atom stereocenters. The second-order valence-electron chi connectivity index (χ2n) is 8.60. The minimum absolute atomic E-state index is 0.0687. The monoisotopic (exact) mass is 372 g/mol. The van der Waals surface area contributed by atoms with Gasteiger partial charge in [-0.25, -0.2) is 9.97 Å². The van der Waals surface area contributed by atoms with Crippen LogP contribution in [0, 0.1) is 5.92 Å². The van der Waals surface area contributed by atoms with Crippen LogP contribution in [0.25, 0.3) is 0 Å². The first-order valence-electron chi connectivity index (χ1n) is 10.6. The van der Waals surface area contributed by atoms with E-state index in [9.17, 15) is 4.79 Å². The van der Waals surface area contributed by atoms with Crippen molar-refractivity contribution < 1.29 is 9.53 Å². The molecule has 1 saturated carbocycles. The Morgan fingerprint density at radius 1 is 1.19 bits per heavy atom. The van der Waals surface area contributed by atoms with Crippen molar-refractivity contribution in [2.24, 2.45) is 5.92 Å². The number of aromatic nitrogens is 2. The van der Waals surface area contributed by atoms with Gasteiger partial charge in [0.05, 0.1) is 23.9 Å². The number of morpholine rings is 1. The van der Waals surface area contributed by atoms with Gasteiger partial charge in [-0.05, 0) is 51.9 Å². The van der Waals surface area contributed by atoms with E-state index in [1.165, 1.54) is 25.7 Å². The smallest absolute Gasteiger partial charge is 0.225 e. The highest BCUT2D eigenvalue weighted by Gasteiger charge is 2.28. The lowest BCUT2D eigenvalue weighted by Crippen LogP contribution is -2.46. The molecule has 4 rings (SSSR count). The molecule has 1 N–H and O–H groups in total. The van der Waals surface area contributed by atoms with E-state index in [0.717, 1.165) is 49.6 Å². The van der Waals surface area contributed by atoms with Crippen LogP contribution in [0.15, 0.2) is 6.20 Å². The fourth-order valence-electron chi connectivity index (χ4n) is 4.91. The fourth-order valence-corrected chi connectivity index (χ4v) is 4.91. The normalized spacial score (nSPS) is 28.8. The average molecular weight is 373 g/mol. The van der Waals surface area contributed by atoms with Crippen molar-refractivity contribution in [2.45, 2.75) is 83.5 Å². The van der Waals surface area contributed by atoms with E-state index in [2.05, 4.69) is 29.0 Å². The van der Waals surface area contributed by atoms with E-state index in [1.54, 1.807) is 0 Å². The topological polar surface area (TPSA) is 67.4 Å². The van der Waals surface area contributed by atoms with E-state index >= 15 is 0 Å². The molecule has 2 aliphatic carbocycles. The quantitative estimate of drug-likeness (QED) is 0.879. The number of fused-ring (bicyclic) bond motifs is 1. The van der Waals surface area contributed by atoms with E-state index in [-0.39, 0.29) is 24.2 Å². The van der Waals surface area contributed by atoms with E-state index in [0.29, 0.717) is 12.3 Å². The van der Waals surface area contributed by atoms with Crippen LogP contribution >= 0.6 is 0 Å². The zero-order chi connectivity index (χ0) is 18.8. The maximum absolute atomic E-state index is 12.5. The van der Waals surface area contributed by atoms with E-state index in [4.69, 9.17) is 9.72 Å². The van der Waals surface area contributed by atoms with Crippen molar-refractivity contribution >= 4 is 11.9 Å². The Kier molecular flexibility index (Phi) is 5.62. The highest BCUT2D eigenvalue weighted by Crippen LogP contribution is 2.31. The summed E-state index contributed by atoms with van der Waals surface area (Å²) >= 11 is 0. The minimum atomic E-state index is 0.0687. The van der Waals surface area contributed by atoms with Gasteiger partial charge in [-0.3, -0.25) is 4.79 Å². The highest BCUT2D eigenvalue weighted by molar-refractivity contribution is 5.76. The van der Waals surface area contributed by atoms with Crippen molar-refractivity contribution in [2.75, 3.05) is 18.0 Å². The Morgan fingerprint density at radius 2 is 1.93 bits per heavy atom. The van der Waals surface area contributed by atoms with Gasteiger partial charge in [0, 0.05) is 31.3 Å². The van der Waals surface area contributed by atoms with Crippen molar-refractivity contribution in [1.29, 1.82) is 0 Å². The molecular formula is C21H32N4O2. The van der Waals surface area contributed by atoms with E-state index < -0.39 is 0 Å². The molecule has 27 heavy (non-hydrogen) atoms. The van der Waals surface area contributed by atoms with Crippen LogP contribution in [-0.4, -0.2) is 41.2 Å². The summed E-state index contributed by atoms with van der Waals surface area (Å²) in [5.74, 6) is 1.57. The van der Waals surface area contributed by atoms with Crippen LogP contribution in [0.3, 0.4) is 0 Å². The van der Waals surface area contributed by atoms with E-state index in [1.807, 2.05) is 6.20 Å². The van der Waals surface area contributed by atoms with Crippen LogP contribution < -0.4 is 10.2 Å². The van der Waals surface area contributed by atoms with Crippen LogP contribution in [-0.2, 0) is 16.0 Å². The molecule has 6 nitrogen and oxygen atoms in total. The first-order chi connectivity index (χ1) is 13.1. The van der Waals surface area contributed by atoms with Crippen LogP contribution in [0.1, 0.15) is 76.1 Å². The maximum Gasteiger partial charge on any atom is 0.225 e. The maximum atomic E-state index is 12.5. The van der Waals surface area contributed by atoms with Gasteiger partial charge in [0.2, 0.25) is 11.9 Å². The predicted molar refractivity (Wildman–Crippen MR) is 105 cm³/mol. The summed E-state index contributed by atoms with van der Waals surface area (Å²) in [7, 11) is 0. The largest absolute Gasteiger partial charge is 0.372 e. The SMILES string of the molecule is C[C@@H]1CN(c2ncc3c(n2)CCC[C@H]3NC(=O)CC2CCCC2)C[C@@H](C)O1. The summed E-state index contributed by atoms with van der Waals surface area (Å²) in [6, 6.07) is 0.0687. The van der Waals surface area contributed by atoms with Crippen molar-refractivity contribution in [3.63, 3.8) is 0 Å². The van der Waals surface area contributed by atoms with Gasteiger partial charge in [0.15, 0.2) is 0 Å². The molecule has 2 fully saturated rings. The Balaban J connectivity index is 1.44. The summed E-state index contributed by atoms with van der Waals surface area (Å²) in [6.07, 6.45) is 11.0. The predicted octanol–water partition coefficient (Wildman–Crippen LogP) is 3.16. The highest BCUT2D eigenvalue weighted by atomic mass is 16.5. The Hall–Kier alpha value is -1.69. The molecule has 6 heteroatoms. The second-order valence-corrected chi connectivity index (χ2v) is 8.60. The number of rotatable bonds is 4. The van der Waals surface area contributed by atoms with Gasteiger partial charge in [-0.15, -0.1) is 0 Å². The fraction of sp³-hybridized carbons (Fsp3) is 0.762. The molecule has 3 aliphatic rings. The minimum Gasteiger partial charge on any atom is -0.372 e.